The number of β-lactam (4-membered cyclic amide) rings is 1. The van der Waals surface area contributed by atoms with Crippen molar-refractivity contribution in [2.45, 2.75) is 17.1 Å². The van der Waals surface area contributed by atoms with Crippen molar-refractivity contribution in [1.29, 1.82) is 0 Å². The number of hydrogen-bond acceptors (Lipinski definition) is 9. The molecular weight excluding hydrogens is 402 g/mol. The topological polar surface area (TPSA) is 179 Å². The van der Waals surface area contributed by atoms with Gasteiger partial charge in [0.15, 0.2) is 0 Å². The molecule has 0 aliphatic carbocycles. The number of aliphatic carboxylic acids is 2. The number of nitrogens with two attached hydrogens (primary N) is 1. The monoisotopic (exact) mass is 421 g/mol. The van der Waals surface area contributed by atoms with Gasteiger partial charge in [-0.2, -0.15) is 0 Å². The lowest BCUT2D eigenvalue weighted by molar-refractivity contribution is -0.192. The third-order valence-electron chi connectivity index (χ3n) is 4.00. The molecule has 0 aromatic carbocycles. The quantitative estimate of drug-likeness (QED) is 0.202. The fourth-order valence-electron chi connectivity index (χ4n) is 2.66. The Labute approximate surface area is 162 Å². The van der Waals surface area contributed by atoms with Crippen LogP contribution in [0, 0.1) is 0 Å². The number of methoxy groups -OCH3 is 1. The molecule has 27 heavy (non-hydrogen) atoms. The molecule has 1 fully saturated rings. The Bertz CT molecular complexity index is 700. The van der Waals surface area contributed by atoms with Crippen molar-refractivity contribution in [2.75, 3.05) is 31.0 Å². The minimum atomic E-state index is -1.72. The number of nitrogens with zero attached hydrogens (tertiary/aromatic N) is 1. The zero-order valence-electron chi connectivity index (χ0n) is 14.2. The van der Waals surface area contributed by atoms with Gasteiger partial charge in [-0.1, -0.05) is 0 Å². The van der Waals surface area contributed by atoms with E-state index in [2.05, 4.69) is 5.32 Å². The van der Waals surface area contributed by atoms with Crippen LogP contribution in [0.2, 0.25) is 0 Å². The summed E-state index contributed by atoms with van der Waals surface area (Å²) >= 11 is 2.14. The number of carbonyl (C=O) groups excluding carboxylic acids is 2. The number of carboxylic acid groups (broad SMARTS) is 2. The molecule has 2 aliphatic heterocycles. The number of ether oxygens (including phenoxy) is 1. The van der Waals surface area contributed by atoms with E-state index in [1.165, 1.54) is 7.11 Å². The number of hydrogen-bond donors (Lipinski definition) is 5. The van der Waals surface area contributed by atoms with Gasteiger partial charge in [-0.05, 0) is 5.57 Å². The zero-order chi connectivity index (χ0) is 20.4. The molecule has 0 radical (unpaired) electrons. The third kappa shape index (κ3) is 3.91. The van der Waals surface area contributed by atoms with Crippen LogP contribution in [0.5, 0.6) is 0 Å². The maximum Gasteiger partial charge on any atom is 0.352 e. The highest BCUT2D eigenvalue weighted by Crippen LogP contribution is 2.46. The van der Waals surface area contributed by atoms with Gasteiger partial charge in [0.1, 0.15) is 17.1 Å². The summed E-state index contributed by atoms with van der Waals surface area (Å²) in [7, 11) is 1.22. The lowest BCUT2D eigenvalue weighted by Crippen LogP contribution is -2.80. The van der Waals surface area contributed by atoms with Gasteiger partial charge >= 0.3 is 11.9 Å². The Morgan fingerprint density at radius 3 is 2.67 bits per heavy atom. The van der Waals surface area contributed by atoms with E-state index in [0.717, 1.165) is 28.4 Å². The first-order chi connectivity index (χ1) is 12.7. The summed E-state index contributed by atoms with van der Waals surface area (Å²) in [6.45, 7) is -0.502. The maximum absolute atomic E-state index is 12.6. The number of amides is 2. The van der Waals surface area contributed by atoms with E-state index in [1.807, 2.05) is 0 Å². The summed E-state index contributed by atoms with van der Waals surface area (Å²) in [6, 6.07) is -1.12. The number of carboxylic acids is 2. The summed E-state index contributed by atoms with van der Waals surface area (Å²) in [5.41, 5.74) is 3.52. The Balaban J connectivity index is 2.08. The van der Waals surface area contributed by atoms with Crippen LogP contribution in [0.25, 0.3) is 0 Å². The summed E-state index contributed by atoms with van der Waals surface area (Å²) in [4.78, 5) is 47.9. The number of aliphatic hydroxyl groups excluding tert-OH is 1. The van der Waals surface area contributed by atoms with Crippen LogP contribution in [-0.2, 0) is 23.9 Å². The van der Waals surface area contributed by atoms with E-state index in [9.17, 15) is 29.4 Å². The third-order valence-corrected chi connectivity index (χ3v) is 6.43. The highest BCUT2D eigenvalue weighted by atomic mass is 32.2. The lowest BCUT2D eigenvalue weighted by atomic mass is 9.98. The highest BCUT2D eigenvalue weighted by molar-refractivity contribution is 8.00. The first-order valence-corrected chi connectivity index (χ1v) is 9.83. The maximum atomic E-state index is 12.6. The Morgan fingerprint density at radius 1 is 1.48 bits per heavy atom. The SMILES string of the molecule is CO[C@@]1(NC(=O)CSC[C@H](N)C(=O)O)C(=O)N2C(C(=O)O)=C(CO)CS[C@@H]21. The van der Waals surface area contributed by atoms with E-state index >= 15 is 0 Å². The number of thioether (sulfide) groups is 2. The molecule has 2 amide bonds. The van der Waals surface area contributed by atoms with Crippen molar-refractivity contribution in [3.05, 3.63) is 11.3 Å². The van der Waals surface area contributed by atoms with Crippen LogP contribution in [0.3, 0.4) is 0 Å². The average molecular weight is 421 g/mol. The summed E-state index contributed by atoms with van der Waals surface area (Å²) in [6.07, 6.45) is 0. The van der Waals surface area contributed by atoms with Gasteiger partial charge in [0.2, 0.25) is 5.91 Å². The Hall–Kier alpha value is -1.80. The van der Waals surface area contributed by atoms with Crippen LogP contribution in [-0.4, -0.2) is 92.1 Å². The molecule has 150 valence electrons. The van der Waals surface area contributed by atoms with Crippen molar-refractivity contribution < 1.29 is 39.2 Å². The molecule has 13 heteroatoms. The van der Waals surface area contributed by atoms with Crippen LogP contribution in [0.1, 0.15) is 0 Å². The number of fused-ring (bicyclic) bond motifs is 1. The van der Waals surface area contributed by atoms with Crippen molar-refractivity contribution in [3.63, 3.8) is 0 Å². The molecule has 0 aromatic heterocycles. The number of aliphatic hydroxyl groups is 1. The first-order valence-electron chi connectivity index (χ1n) is 7.63. The molecular formula is C14H19N3O8S2. The Morgan fingerprint density at radius 2 is 2.15 bits per heavy atom. The number of rotatable bonds is 9. The zero-order valence-corrected chi connectivity index (χ0v) is 15.8. The van der Waals surface area contributed by atoms with E-state index in [1.54, 1.807) is 0 Å². The van der Waals surface area contributed by atoms with Crippen molar-refractivity contribution in [3.8, 4) is 0 Å². The second-order valence-electron chi connectivity index (χ2n) is 5.70. The van der Waals surface area contributed by atoms with Crippen molar-refractivity contribution in [2.24, 2.45) is 5.73 Å². The highest BCUT2D eigenvalue weighted by Gasteiger charge is 2.66. The summed E-state index contributed by atoms with van der Waals surface area (Å²) < 4.78 is 5.24. The second-order valence-corrected chi connectivity index (χ2v) is 7.80. The van der Waals surface area contributed by atoms with Gasteiger partial charge in [-0.25, -0.2) is 4.79 Å². The van der Waals surface area contributed by atoms with Gasteiger partial charge in [0, 0.05) is 18.6 Å². The molecule has 2 aliphatic rings. The molecule has 2 rings (SSSR count). The average Bonchev–Trinajstić information content (AvgIpc) is 2.63. The van der Waals surface area contributed by atoms with Crippen molar-refractivity contribution in [1.82, 2.24) is 10.2 Å². The molecule has 0 bridgehead atoms. The molecule has 6 N–H and O–H groups in total. The van der Waals surface area contributed by atoms with Crippen molar-refractivity contribution >= 4 is 47.3 Å². The minimum Gasteiger partial charge on any atom is -0.480 e. The summed E-state index contributed by atoms with van der Waals surface area (Å²) in [5.74, 6) is -3.87. The minimum absolute atomic E-state index is 0.00669. The Kier molecular flexibility index (Phi) is 6.75. The van der Waals surface area contributed by atoms with E-state index in [0.29, 0.717) is 0 Å². The molecule has 0 spiro atoms. The smallest absolute Gasteiger partial charge is 0.352 e. The molecule has 0 unspecified atom stereocenters. The van der Waals surface area contributed by atoms with Gasteiger partial charge in [-0.3, -0.25) is 19.3 Å². The van der Waals surface area contributed by atoms with Crippen LogP contribution in [0.4, 0.5) is 0 Å². The fraction of sp³-hybridized carbons (Fsp3) is 0.571. The fourth-order valence-corrected chi connectivity index (χ4v) is 4.86. The number of carbonyl (C=O) groups is 4. The van der Waals surface area contributed by atoms with Gasteiger partial charge in [0.25, 0.3) is 11.6 Å². The van der Waals surface area contributed by atoms with Gasteiger partial charge < -0.3 is 31.1 Å². The number of nitrogens with one attached hydrogen (secondary N) is 1. The standard InChI is InChI=1S/C14H19N3O8S2/c1-25-14(16-8(19)5-26-4-7(15)10(20)21)12(24)17-9(11(22)23)6(2-18)3-27-13(14)17/h7,13,18H,2-5,15H2,1H3,(H,16,19)(H,20,21)(H,22,23)/t7-,13+,14-/m0/s1. The first kappa shape index (κ1) is 21.5. The molecule has 11 nitrogen and oxygen atoms in total. The van der Waals surface area contributed by atoms with Crippen LogP contribution < -0.4 is 11.1 Å². The van der Waals surface area contributed by atoms with Crippen LogP contribution >= 0.6 is 23.5 Å². The lowest BCUT2D eigenvalue weighted by Gasteiger charge is -2.55. The molecule has 0 aromatic rings. The molecule has 1 saturated heterocycles. The molecule has 3 atom stereocenters. The van der Waals surface area contributed by atoms with Crippen LogP contribution in [0.15, 0.2) is 11.3 Å². The summed E-state index contributed by atoms with van der Waals surface area (Å²) in [5, 5.41) is 29.0. The largest absolute Gasteiger partial charge is 0.480 e. The van der Waals surface area contributed by atoms with Gasteiger partial charge in [-0.15, -0.1) is 23.5 Å². The predicted octanol–water partition coefficient (Wildman–Crippen LogP) is -2.16. The second kappa shape index (κ2) is 8.48. The predicted molar refractivity (Wildman–Crippen MR) is 95.7 cm³/mol. The van der Waals surface area contributed by atoms with E-state index < -0.39 is 47.5 Å². The van der Waals surface area contributed by atoms with Gasteiger partial charge in [0.05, 0.1) is 12.4 Å². The normalized spacial score (nSPS) is 25.5. The van der Waals surface area contributed by atoms with E-state index in [-0.39, 0.29) is 28.5 Å². The molecule has 0 saturated carbocycles. The molecule has 2 heterocycles. The van der Waals surface area contributed by atoms with E-state index in [4.69, 9.17) is 15.6 Å².